The molecule has 0 aliphatic carbocycles. The number of alkyl halides is 3. The molecule has 0 radical (unpaired) electrons. The van der Waals surface area contributed by atoms with Crippen molar-refractivity contribution >= 4 is 5.69 Å². The summed E-state index contributed by atoms with van der Waals surface area (Å²) in [6, 6.07) is 1.50. The highest BCUT2D eigenvalue weighted by Crippen LogP contribution is 2.31. The van der Waals surface area contributed by atoms with Crippen molar-refractivity contribution in [1.29, 1.82) is 5.26 Å². The Hall–Kier alpha value is -2.44. The lowest BCUT2D eigenvalue weighted by Gasteiger charge is -2.09. The fourth-order valence-electron chi connectivity index (χ4n) is 1.09. The number of pyridine rings is 1. The number of nitrogens with zero attached hydrogens (tertiary/aromatic N) is 3. The summed E-state index contributed by atoms with van der Waals surface area (Å²) >= 11 is 0. The average molecular weight is 265 g/mol. The summed E-state index contributed by atoms with van der Waals surface area (Å²) < 4.78 is 52.1. The smallest absolute Gasteiger partial charge is 0.384 e. The van der Waals surface area contributed by atoms with Crippen LogP contribution in [0.5, 0.6) is 5.88 Å². The van der Waals surface area contributed by atoms with Gasteiger partial charge in [-0.2, -0.15) is 9.65 Å². The molecule has 0 atom stereocenters. The highest BCUT2D eigenvalue weighted by molar-refractivity contribution is 5.45. The van der Waals surface area contributed by atoms with Crippen molar-refractivity contribution in [2.24, 2.45) is 0 Å². The first-order valence-electron chi connectivity index (χ1n) is 4.20. The number of ether oxygens (including phenoxy) is 1. The van der Waals surface area contributed by atoms with Gasteiger partial charge < -0.3 is 4.74 Å². The van der Waals surface area contributed by atoms with E-state index in [1.165, 1.54) is 6.07 Å². The Morgan fingerprint density at radius 1 is 1.56 bits per heavy atom. The second-order valence-corrected chi connectivity index (χ2v) is 2.89. The third kappa shape index (κ3) is 3.03. The van der Waals surface area contributed by atoms with Crippen LogP contribution in [0.4, 0.5) is 23.2 Å². The Morgan fingerprint density at radius 3 is 2.61 bits per heavy atom. The predicted octanol–water partition coefficient (Wildman–Crippen LogP) is 2.09. The SMILES string of the molecule is N#CCc1cnc(OC(F)(F)F)c(F)c1[N+](=O)[O-]. The second-order valence-electron chi connectivity index (χ2n) is 2.89. The van der Waals surface area contributed by atoms with Gasteiger partial charge in [-0.1, -0.05) is 0 Å². The van der Waals surface area contributed by atoms with E-state index in [1.54, 1.807) is 0 Å². The third-order valence-corrected chi connectivity index (χ3v) is 1.70. The highest BCUT2D eigenvalue weighted by atomic mass is 19.4. The summed E-state index contributed by atoms with van der Waals surface area (Å²) in [5.74, 6) is -3.43. The Bertz CT molecular complexity index is 524. The lowest BCUT2D eigenvalue weighted by Crippen LogP contribution is -2.19. The molecular weight excluding hydrogens is 262 g/mol. The van der Waals surface area contributed by atoms with E-state index in [0.717, 1.165) is 0 Å². The minimum absolute atomic E-state index is 0.436. The number of hydrogen-bond acceptors (Lipinski definition) is 5. The molecule has 96 valence electrons. The lowest BCUT2D eigenvalue weighted by molar-refractivity contribution is -0.388. The van der Waals surface area contributed by atoms with E-state index in [4.69, 9.17) is 5.26 Å². The van der Waals surface area contributed by atoms with Crippen LogP contribution in [0.15, 0.2) is 6.20 Å². The van der Waals surface area contributed by atoms with Gasteiger partial charge in [0.05, 0.1) is 23.0 Å². The molecule has 1 heterocycles. The molecule has 0 fully saturated rings. The molecule has 10 heteroatoms. The Kier molecular flexibility index (Phi) is 3.65. The molecule has 0 spiro atoms. The molecule has 1 aromatic heterocycles. The normalized spacial score (nSPS) is 10.8. The minimum atomic E-state index is -5.22. The van der Waals surface area contributed by atoms with E-state index in [-0.39, 0.29) is 0 Å². The van der Waals surface area contributed by atoms with Gasteiger partial charge in [0, 0.05) is 6.20 Å². The summed E-state index contributed by atoms with van der Waals surface area (Å²) in [5.41, 5.74) is -1.69. The van der Waals surface area contributed by atoms with Gasteiger partial charge in [-0.25, -0.2) is 4.98 Å². The molecule has 0 N–H and O–H groups in total. The van der Waals surface area contributed by atoms with Crippen LogP contribution >= 0.6 is 0 Å². The quantitative estimate of drug-likeness (QED) is 0.474. The van der Waals surface area contributed by atoms with Gasteiger partial charge in [-0.3, -0.25) is 10.1 Å². The zero-order chi connectivity index (χ0) is 13.9. The van der Waals surface area contributed by atoms with Gasteiger partial charge in [-0.15, -0.1) is 13.2 Å². The van der Waals surface area contributed by atoms with Crippen LogP contribution in [0.3, 0.4) is 0 Å². The van der Waals surface area contributed by atoms with Gasteiger partial charge >= 0.3 is 12.0 Å². The van der Waals surface area contributed by atoms with Crippen molar-refractivity contribution in [2.75, 3.05) is 0 Å². The molecule has 0 aliphatic rings. The van der Waals surface area contributed by atoms with Crippen molar-refractivity contribution in [2.45, 2.75) is 12.8 Å². The maximum Gasteiger partial charge on any atom is 0.574 e. The summed E-state index contributed by atoms with van der Waals surface area (Å²) in [7, 11) is 0. The van der Waals surface area contributed by atoms with Gasteiger partial charge in [0.2, 0.25) is 0 Å². The van der Waals surface area contributed by atoms with E-state index in [9.17, 15) is 27.7 Å². The molecule has 0 bridgehead atoms. The minimum Gasteiger partial charge on any atom is -0.384 e. The van der Waals surface area contributed by atoms with Crippen molar-refractivity contribution in [3.63, 3.8) is 0 Å². The molecule has 0 saturated carbocycles. The lowest BCUT2D eigenvalue weighted by atomic mass is 10.2. The standard InChI is InChI=1S/C8H3F4N3O3/c9-5-6(15(16)17)4(1-2-13)3-14-7(5)18-8(10,11)12/h3H,1H2. The van der Waals surface area contributed by atoms with Crippen molar-refractivity contribution in [3.8, 4) is 11.9 Å². The second kappa shape index (κ2) is 4.82. The monoisotopic (exact) mass is 265 g/mol. The first-order valence-corrected chi connectivity index (χ1v) is 4.20. The van der Waals surface area contributed by atoms with Gasteiger partial charge in [-0.05, 0) is 0 Å². The zero-order valence-corrected chi connectivity index (χ0v) is 8.36. The predicted molar refractivity (Wildman–Crippen MR) is 46.8 cm³/mol. The topological polar surface area (TPSA) is 89.0 Å². The zero-order valence-electron chi connectivity index (χ0n) is 8.36. The fraction of sp³-hybridized carbons (Fsp3) is 0.250. The van der Waals surface area contributed by atoms with Crippen molar-refractivity contribution < 1.29 is 27.2 Å². The van der Waals surface area contributed by atoms with Crippen LogP contribution < -0.4 is 4.74 Å². The number of rotatable bonds is 3. The van der Waals surface area contributed by atoms with Crippen LogP contribution in [-0.2, 0) is 6.42 Å². The molecule has 1 aromatic rings. The number of nitriles is 1. The molecule has 0 amide bonds. The average Bonchev–Trinajstić information content (AvgIpc) is 2.20. The number of aromatic nitrogens is 1. The van der Waals surface area contributed by atoms with Crippen LogP contribution in [-0.4, -0.2) is 16.3 Å². The van der Waals surface area contributed by atoms with Crippen molar-refractivity contribution in [3.05, 3.63) is 27.7 Å². The summed E-state index contributed by atoms with van der Waals surface area (Å²) in [6.07, 6.45) is -5.20. The number of hydrogen-bond donors (Lipinski definition) is 0. The number of nitro groups is 1. The van der Waals surface area contributed by atoms with Crippen LogP contribution in [0.2, 0.25) is 0 Å². The van der Waals surface area contributed by atoms with E-state index in [1.807, 2.05) is 0 Å². The van der Waals surface area contributed by atoms with E-state index < -0.39 is 40.7 Å². The Morgan fingerprint density at radius 2 is 2.17 bits per heavy atom. The summed E-state index contributed by atoms with van der Waals surface area (Å²) in [4.78, 5) is 12.2. The Balaban J connectivity index is 3.31. The van der Waals surface area contributed by atoms with E-state index in [2.05, 4.69) is 9.72 Å². The van der Waals surface area contributed by atoms with Gasteiger partial charge in [0.15, 0.2) is 0 Å². The maximum absolute atomic E-state index is 13.4. The van der Waals surface area contributed by atoms with Crippen LogP contribution in [0, 0.1) is 27.3 Å². The van der Waals surface area contributed by atoms with Crippen LogP contribution in [0.1, 0.15) is 5.56 Å². The molecule has 18 heavy (non-hydrogen) atoms. The molecule has 0 aliphatic heterocycles. The molecule has 1 rings (SSSR count). The van der Waals surface area contributed by atoms with Crippen molar-refractivity contribution in [1.82, 2.24) is 4.98 Å². The van der Waals surface area contributed by atoms with Gasteiger partial charge in [0.25, 0.3) is 11.7 Å². The van der Waals surface area contributed by atoms with Crippen LogP contribution in [0.25, 0.3) is 0 Å². The third-order valence-electron chi connectivity index (χ3n) is 1.70. The molecule has 6 nitrogen and oxygen atoms in total. The highest BCUT2D eigenvalue weighted by Gasteiger charge is 2.36. The number of halogens is 4. The Labute approximate surface area is 96.6 Å². The first kappa shape index (κ1) is 13.6. The van der Waals surface area contributed by atoms with E-state index in [0.29, 0.717) is 6.20 Å². The maximum atomic E-state index is 13.4. The van der Waals surface area contributed by atoms with E-state index >= 15 is 0 Å². The molecule has 0 saturated heterocycles. The molecular formula is C8H3F4N3O3. The molecule has 0 aromatic carbocycles. The summed E-state index contributed by atoms with van der Waals surface area (Å²) in [6.45, 7) is 0. The largest absolute Gasteiger partial charge is 0.574 e. The first-order chi connectivity index (χ1) is 8.26. The van der Waals surface area contributed by atoms with Gasteiger partial charge in [0.1, 0.15) is 0 Å². The fourth-order valence-corrected chi connectivity index (χ4v) is 1.09. The molecule has 0 unspecified atom stereocenters. The summed E-state index contributed by atoms with van der Waals surface area (Å²) in [5, 5.41) is 18.9.